The molecule has 2 aromatic carbocycles. The van der Waals surface area contributed by atoms with Crippen LogP contribution in [0.25, 0.3) is 0 Å². The summed E-state index contributed by atoms with van der Waals surface area (Å²) in [5.41, 5.74) is 1.19. The molecule has 3 rings (SSSR count). The normalized spacial score (nSPS) is 17.2. The van der Waals surface area contributed by atoms with Gasteiger partial charge in [0.25, 0.3) is 0 Å². The van der Waals surface area contributed by atoms with Crippen LogP contribution in [0.2, 0.25) is 0 Å². The van der Waals surface area contributed by atoms with Gasteiger partial charge in [0.05, 0.1) is 6.04 Å². The van der Waals surface area contributed by atoms with Crippen molar-refractivity contribution in [3.63, 3.8) is 0 Å². The zero-order valence-corrected chi connectivity index (χ0v) is 13.8. The minimum Gasteiger partial charge on any atom is -0.486 e. The Morgan fingerprint density at radius 1 is 1.13 bits per heavy atom. The summed E-state index contributed by atoms with van der Waals surface area (Å²) in [5.74, 6) is 1.57. The number of ether oxygens (including phenoxy) is 2. The first-order valence-corrected chi connectivity index (χ1v) is 8.10. The van der Waals surface area contributed by atoms with Gasteiger partial charge in [-0.05, 0) is 36.8 Å². The number of hydrogen-bond donors (Lipinski definition) is 2. The van der Waals surface area contributed by atoms with Gasteiger partial charge in [0.1, 0.15) is 6.61 Å². The Morgan fingerprint density at radius 3 is 2.61 bits per heavy atom. The molecule has 1 aliphatic heterocycles. The quantitative estimate of drug-likeness (QED) is 0.845. The van der Waals surface area contributed by atoms with E-state index in [0.29, 0.717) is 18.3 Å². The summed E-state index contributed by atoms with van der Waals surface area (Å²) in [6, 6.07) is 17.9. The summed E-state index contributed by atoms with van der Waals surface area (Å²) >= 11 is 5.36. The molecule has 5 heteroatoms. The largest absolute Gasteiger partial charge is 0.486 e. The van der Waals surface area contributed by atoms with E-state index in [-0.39, 0.29) is 12.1 Å². The van der Waals surface area contributed by atoms with E-state index in [1.165, 1.54) is 5.56 Å². The zero-order valence-electron chi connectivity index (χ0n) is 13.0. The standard InChI is InChI=1S/C18H20N2O2S/c1-13(17-12-21-15-9-5-6-10-16(15)22-17)20-18(23)19-11-14-7-3-2-4-8-14/h2-10,13,17H,11-12H2,1H3,(H2,19,20,23)/t13-,17+/m1/s1. The summed E-state index contributed by atoms with van der Waals surface area (Å²) in [4.78, 5) is 0. The van der Waals surface area contributed by atoms with E-state index in [1.54, 1.807) is 0 Å². The van der Waals surface area contributed by atoms with Crippen molar-refractivity contribution >= 4 is 17.3 Å². The highest BCUT2D eigenvalue weighted by atomic mass is 32.1. The van der Waals surface area contributed by atoms with Gasteiger partial charge in [-0.3, -0.25) is 0 Å². The Morgan fingerprint density at radius 2 is 1.83 bits per heavy atom. The van der Waals surface area contributed by atoms with E-state index in [9.17, 15) is 0 Å². The molecule has 0 radical (unpaired) electrons. The Hall–Kier alpha value is -2.27. The molecule has 23 heavy (non-hydrogen) atoms. The lowest BCUT2D eigenvalue weighted by Gasteiger charge is -2.31. The van der Waals surface area contributed by atoms with E-state index in [2.05, 4.69) is 22.8 Å². The molecular formula is C18H20N2O2S. The van der Waals surface area contributed by atoms with Crippen molar-refractivity contribution < 1.29 is 9.47 Å². The van der Waals surface area contributed by atoms with E-state index >= 15 is 0 Å². The second-order valence-electron chi connectivity index (χ2n) is 5.52. The number of thiocarbonyl (C=S) groups is 1. The number of nitrogens with one attached hydrogen (secondary N) is 2. The number of para-hydroxylation sites is 2. The summed E-state index contributed by atoms with van der Waals surface area (Å²) in [5, 5.41) is 7.09. The molecule has 1 aliphatic rings. The molecule has 0 amide bonds. The van der Waals surface area contributed by atoms with Gasteiger partial charge >= 0.3 is 0 Å². The van der Waals surface area contributed by atoms with E-state index in [1.807, 2.05) is 49.4 Å². The Bertz CT molecular complexity index is 663. The van der Waals surface area contributed by atoms with Crippen molar-refractivity contribution in [3.05, 3.63) is 60.2 Å². The van der Waals surface area contributed by atoms with E-state index < -0.39 is 0 Å². The van der Waals surface area contributed by atoms with Crippen LogP contribution >= 0.6 is 12.2 Å². The van der Waals surface area contributed by atoms with Crippen LogP contribution in [0.3, 0.4) is 0 Å². The van der Waals surface area contributed by atoms with Crippen LogP contribution in [-0.4, -0.2) is 23.9 Å². The minimum atomic E-state index is -0.0821. The van der Waals surface area contributed by atoms with Gasteiger partial charge < -0.3 is 20.1 Å². The lowest BCUT2D eigenvalue weighted by molar-refractivity contribution is 0.0716. The molecule has 0 bridgehead atoms. The van der Waals surface area contributed by atoms with Crippen molar-refractivity contribution in [3.8, 4) is 11.5 Å². The third kappa shape index (κ3) is 4.13. The van der Waals surface area contributed by atoms with E-state index in [0.717, 1.165) is 11.5 Å². The fraction of sp³-hybridized carbons (Fsp3) is 0.278. The van der Waals surface area contributed by atoms with Crippen LogP contribution in [0.1, 0.15) is 12.5 Å². The summed E-state index contributed by atoms with van der Waals surface area (Å²) < 4.78 is 11.7. The first kappa shape index (κ1) is 15.6. The summed E-state index contributed by atoms with van der Waals surface area (Å²) in [6.45, 7) is 3.25. The SMILES string of the molecule is C[C@@H](NC(=S)NCc1ccccc1)[C@@H]1COc2ccccc2O1. The highest BCUT2D eigenvalue weighted by Gasteiger charge is 2.26. The maximum Gasteiger partial charge on any atom is 0.166 e. The highest BCUT2D eigenvalue weighted by Crippen LogP contribution is 2.31. The van der Waals surface area contributed by atoms with Gasteiger partial charge in [-0.2, -0.15) is 0 Å². The number of hydrogen-bond acceptors (Lipinski definition) is 3. The van der Waals surface area contributed by atoms with Crippen molar-refractivity contribution in [1.82, 2.24) is 10.6 Å². The number of benzene rings is 2. The molecule has 2 atom stereocenters. The molecule has 0 unspecified atom stereocenters. The molecule has 1 heterocycles. The zero-order chi connectivity index (χ0) is 16.1. The van der Waals surface area contributed by atoms with Crippen molar-refractivity contribution in [2.24, 2.45) is 0 Å². The molecule has 0 fully saturated rings. The summed E-state index contributed by atoms with van der Waals surface area (Å²) in [6.07, 6.45) is -0.0821. The predicted molar refractivity (Wildman–Crippen MR) is 94.8 cm³/mol. The molecular weight excluding hydrogens is 308 g/mol. The third-order valence-corrected chi connectivity index (χ3v) is 4.01. The first-order chi connectivity index (χ1) is 11.2. The Balaban J connectivity index is 1.49. The molecule has 0 aliphatic carbocycles. The third-order valence-electron chi connectivity index (χ3n) is 3.74. The van der Waals surface area contributed by atoms with Gasteiger partial charge in [0.2, 0.25) is 0 Å². The average Bonchev–Trinajstić information content (AvgIpc) is 2.60. The smallest absolute Gasteiger partial charge is 0.166 e. The fourth-order valence-corrected chi connectivity index (χ4v) is 2.67. The molecule has 4 nitrogen and oxygen atoms in total. The van der Waals surface area contributed by atoms with E-state index in [4.69, 9.17) is 21.7 Å². The summed E-state index contributed by atoms with van der Waals surface area (Å²) in [7, 11) is 0. The second kappa shape index (κ2) is 7.33. The molecule has 2 N–H and O–H groups in total. The number of rotatable bonds is 4. The van der Waals surface area contributed by atoms with Gasteiger partial charge in [0, 0.05) is 6.54 Å². The molecule has 2 aromatic rings. The Labute approximate surface area is 141 Å². The van der Waals surface area contributed by atoms with Crippen LogP contribution in [0.15, 0.2) is 54.6 Å². The fourth-order valence-electron chi connectivity index (χ4n) is 2.41. The maximum atomic E-state index is 5.98. The molecule has 120 valence electrons. The predicted octanol–water partition coefficient (Wildman–Crippen LogP) is 2.88. The van der Waals surface area contributed by atoms with Gasteiger partial charge in [-0.1, -0.05) is 42.5 Å². The molecule has 0 saturated heterocycles. The van der Waals surface area contributed by atoms with Crippen molar-refractivity contribution in [2.45, 2.75) is 25.6 Å². The minimum absolute atomic E-state index is 0.0409. The second-order valence-corrected chi connectivity index (χ2v) is 5.92. The number of fused-ring (bicyclic) bond motifs is 1. The highest BCUT2D eigenvalue weighted by molar-refractivity contribution is 7.80. The van der Waals surface area contributed by atoms with Gasteiger partial charge in [-0.25, -0.2) is 0 Å². The van der Waals surface area contributed by atoms with Gasteiger partial charge in [0.15, 0.2) is 22.7 Å². The van der Waals surface area contributed by atoms with Gasteiger partial charge in [-0.15, -0.1) is 0 Å². The van der Waals surface area contributed by atoms with Crippen LogP contribution in [0.5, 0.6) is 11.5 Å². The lowest BCUT2D eigenvalue weighted by atomic mass is 10.1. The molecule has 0 spiro atoms. The Kier molecular flexibility index (Phi) is 4.98. The lowest BCUT2D eigenvalue weighted by Crippen LogP contribution is -2.50. The maximum absolute atomic E-state index is 5.98. The van der Waals surface area contributed by atoms with Crippen LogP contribution in [0, 0.1) is 0 Å². The van der Waals surface area contributed by atoms with Crippen molar-refractivity contribution in [1.29, 1.82) is 0 Å². The van der Waals surface area contributed by atoms with Crippen molar-refractivity contribution in [2.75, 3.05) is 6.61 Å². The van der Waals surface area contributed by atoms with Crippen LogP contribution in [-0.2, 0) is 6.54 Å². The average molecular weight is 328 g/mol. The van der Waals surface area contributed by atoms with Crippen LogP contribution < -0.4 is 20.1 Å². The van der Waals surface area contributed by atoms with Crippen LogP contribution in [0.4, 0.5) is 0 Å². The first-order valence-electron chi connectivity index (χ1n) is 7.69. The molecule has 0 aromatic heterocycles. The monoisotopic (exact) mass is 328 g/mol. The molecule has 0 saturated carbocycles. The topological polar surface area (TPSA) is 42.5 Å².